The molecule has 1 heterocycles. The average Bonchev–Trinajstić information content (AvgIpc) is 3.40. The third-order valence-electron chi connectivity index (χ3n) is 5.01. The van der Waals surface area contributed by atoms with E-state index in [2.05, 4.69) is 5.32 Å². The van der Waals surface area contributed by atoms with E-state index < -0.39 is 0 Å². The van der Waals surface area contributed by atoms with Crippen molar-refractivity contribution in [2.75, 3.05) is 10.2 Å². The number of nitrogens with zero attached hydrogens (tertiary/aromatic N) is 1. The van der Waals surface area contributed by atoms with Crippen LogP contribution >= 0.6 is 23.1 Å². The van der Waals surface area contributed by atoms with Crippen molar-refractivity contribution in [3.63, 3.8) is 0 Å². The molecule has 1 atom stereocenters. The van der Waals surface area contributed by atoms with Gasteiger partial charge in [0.15, 0.2) is 0 Å². The summed E-state index contributed by atoms with van der Waals surface area (Å²) in [6.45, 7) is 2.02. The van der Waals surface area contributed by atoms with Crippen molar-refractivity contribution in [1.82, 2.24) is 0 Å². The van der Waals surface area contributed by atoms with Crippen LogP contribution in [0, 0.1) is 0 Å². The minimum absolute atomic E-state index is 0.0212. The van der Waals surface area contributed by atoms with E-state index >= 15 is 0 Å². The van der Waals surface area contributed by atoms with Crippen molar-refractivity contribution in [1.29, 1.82) is 0 Å². The molecule has 0 aliphatic heterocycles. The summed E-state index contributed by atoms with van der Waals surface area (Å²) in [4.78, 5) is 29.5. The van der Waals surface area contributed by atoms with E-state index in [0.29, 0.717) is 17.0 Å². The van der Waals surface area contributed by atoms with Crippen LogP contribution in [0.25, 0.3) is 0 Å². The van der Waals surface area contributed by atoms with Crippen LogP contribution in [0.5, 0.6) is 0 Å². The number of anilines is 3. The molecule has 0 aliphatic carbocycles. The van der Waals surface area contributed by atoms with E-state index in [1.54, 1.807) is 11.0 Å². The molecule has 0 saturated heterocycles. The third kappa shape index (κ3) is 5.72. The summed E-state index contributed by atoms with van der Waals surface area (Å²) in [5.74, 6) is -0.109. The van der Waals surface area contributed by atoms with Gasteiger partial charge in [-0.1, -0.05) is 55.5 Å². The summed E-state index contributed by atoms with van der Waals surface area (Å²) in [7, 11) is 0. The Kier molecular flexibility index (Phi) is 7.60. The fourth-order valence-corrected chi connectivity index (χ4v) is 5.09. The van der Waals surface area contributed by atoms with Crippen molar-refractivity contribution >= 4 is 52.0 Å². The highest BCUT2D eigenvalue weighted by atomic mass is 32.2. The SMILES string of the molecule is CCC(Sc1cccc(NC(=O)c2cccs2)c1)C(=O)N(c1ccccc1)c1ccccc1. The van der Waals surface area contributed by atoms with E-state index in [0.717, 1.165) is 16.3 Å². The number of thioether (sulfide) groups is 1. The van der Waals surface area contributed by atoms with Gasteiger partial charge in [-0.3, -0.25) is 14.5 Å². The Hall–Kier alpha value is -3.35. The number of para-hydroxylation sites is 2. The minimum atomic E-state index is -0.284. The van der Waals surface area contributed by atoms with Gasteiger partial charge in [-0.05, 0) is 60.3 Å². The fraction of sp³-hybridized carbons (Fsp3) is 0.111. The van der Waals surface area contributed by atoms with Crippen LogP contribution in [-0.2, 0) is 4.79 Å². The quantitative estimate of drug-likeness (QED) is 0.275. The summed E-state index contributed by atoms with van der Waals surface area (Å²) in [6.07, 6.45) is 0.672. The molecule has 0 aliphatic rings. The van der Waals surface area contributed by atoms with Gasteiger partial charge in [-0.15, -0.1) is 23.1 Å². The van der Waals surface area contributed by atoms with E-state index in [4.69, 9.17) is 0 Å². The third-order valence-corrected chi connectivity index (χ3v) is 7.22. The lowest BCUT2D eigenvalue weighted by atomic mass is 10.2. The molecule has 0 spiro atoms. The highest BCUT2D eigenvalue weighted by Gasteiger charge is 2.26. The molecule has 1 aromatic heterocycles. The zero-order valence-corrected chi connectivity index (χ0v) is 19.8. The van der Waals surface area contributed by atoms with Crippen molar-refractivity contribution in [2.45, 2.75) is 23.5 Å². The number of carbonyl (C=O) groups excluding carboxylic acids is 2. The topological polar surface area (TPSA) is 49.4 Å². The van der Waals surface area contributed by atoms with Crippen molar-refractivity contribution in [3.8, 4) is 0 Å². The maximum absolute atomic E-state index is 13.7. The largest absolute Gasteiger partial charge is 0.321 e. The highest BCUT2D eigenvalue weighted by Crippen LogP contribution is 2.33. The smallest absolute Gasteiger partial charge is 0.265 e. The molecule has 4 aromatic rings. The Bertz CT molecular complexity index is 1160. The molecule has 4 nitrogen and oxygen atoms in total. The normalized spacial score (nSPS) is 11.5. The second kappa shape index (κ2) is 11.0. The molecule has 6 heteroatoms. The predicted molar refractivity (Wildman–Crippen MR) is 139 cm³/mol. The second-order valence-electron chi connectivity index (χ2n) is 7.32. The van der Waals surface area contributed by atoms with Gasteiger partial charge in [0.2, 0.25) is 5.91 Å². The van der Waals surface area contributed by atoms with Gasteiger partial charge in [0.1, 0.15) is 0 Å². The molecule has 2 amide bonds. The Balaban J connectivity index is 1.55. The van der Waals surface area contributed by atoms with E-state index in [1.165, 1.54) is 23.1 Å². The molecule has 4 rings (SSSR count). The zero-order valence-electron chi connectivity index (χ0n) is 18.2. The monoisotopic (exact) mass is 472 g/mol. The van der Waals surface area contributed by atoms with Crippen LogP contribution in [0.4, 0.5) is 17.1 Å². The molecule has 0 saturated carbocycles. The number of benzene rings is 3. The van der Waals surface area contributed by atoms with Gasteiger partial charge < -0.3 is 5.32 Å². The van der Waals surface area contributed by atoms with Gasteiger partial charge in [0.05, 0.1) is 10.1 Å². The first-order chi connectivity index (χ1) is 16.2. The van der Waals surface area contributed by atoms with Gasteiger partial charge >= 0.3 is 0 Å². The van der Waals surface area contributed by atoms with Gasteiger partial charge in [0, 0.05) is 22.0 Å². The van der Waals surface area contributed by atoms with Crippen molar-refractivity contribution in [3.05, 3.63) is 107 Å². The summed E-state index contributed by atoms with van der Waals surface area (Å²) >= 11 is 2.92. The summed E-state index contributed by atoms with van der Waals surface area (Å²) in [5.41, 5.74) is 2.39. The van der Waals surface area contributed by atoms with Gasteiger partial charge in [-0.2, -0.15) is 0 Å². The highest BCUT2D eigenvalue weighted by molar-refractivity contribution is 8.00. The average molecular weight is 473 g/mol. The first-order valence-electron chi connectivity index (χ1n) is 10.7. The number of carbonyl (C=O) groups is 2. The Morgan fingerprint density at radius 2 is 1.55 bits per heavy atom. The lowest BCUT2D eigenvalue weighted by Gasteiger charge is -2.27. The van der Waals surface area contributed by atoms with Crippen LogP contribution in [-0.4, -0.2) is 17.1 Å². The maximum atomic E-state index is 13.7. The second-order valence-corrected chi connectivity index (χ2v) is 9.54. The first-order valence-corrected chi connectivity index (χ1v) is 12.5. The summed E-state index contributed by atoms with van der Waals surface area (Å²) in [5, 5.41) is 4.54. The van der Waals surface area contributed by atoms with Crippen LogP contribution in [0.1, 0.15) is 23.0 Å². The van der Waals surface area contributed by atoms with Gasteiger partial charge in [-0.25, -0.2) is 0 Å². The standard InChI is InChI=1S/C27H24N2O2S2/c1-2-24(27(31)29(21-12-5-3-6-13-21)22-14-7-4-8-15-22)33-23-16-9-11-20(19-23)28-26(30)25-17-10-18-32-25/h3-19,24H,2H2,1H3,(H,28,30). The lowest BCUT2D eigenvalue weighted by Crippen LogP contribution is -2.34. The van der Waals surface area contributed by atoms with Crippen LogP contribution in [0.15, 0.2) is 107 Å². The number of rotatable bonds is 8. The van der Waals surface area contributed by atoms with Crippen molar-refractivity contribution in [2.24, 2.45) is 0 Å². The number of hydrogen-bond acceptors (Lipinski definition) is 4. The molecule has 166 valence electrons. The van der Waals surface area contributed by atoms with Crippen molar-refractivity contribution < 1.29 is 9.59 Å². The molecule has 3 aromatic carbocycles. The molecule has 0 fully saturated rings. The molecule has 0 radical (unpaired) electrons. The van der Waals surface area contributed by atoms with E-state index in [9.17, 15) is 9.59 Å². The predicted octanol–water partition coefficient (Wildman–Crippen LogP) is 7.24. The number of nitrogens with one attached hydrogen (secondary N) is 1. The molecule has 33 heavy (non-hydrogen) atoms. The van der Waals surface area contributed by atoms with Crippen LogP contribution in [0.2, 0.25) is 0 Å². The zero-order chi connectivity index (χ0) is 23.0. The Morgan fingerprint density at radius 3 is 2.12 bits per heavy atom. The molecular weight excluding hydrogens is 448 g/mol. The lowest BCUT2D eigenvalue weighted by molar-refractivity contribution is -0.117. The van der Waals surface area contributed by atoms with E-state index in [1.807, 2.05) is 103 Å². The Labute approximate surface area is 202 Å². The van der Waals surface area contributed by atoms with Gasteiger partial charge in [0.25, 0.3) is 5.91 Å². The number of hydrogen-bond donors (Lipinski definition) is 1. The molecule has 0 bridgehead atoms. The van der Waals surface area contributed by atoms with E-state index in [-0.39, 0.29) is 17.1 Å². The van der Waals surface area contributed by atoms with Crippen LogP contribution < -0.4 is 10.2 Å². The molecular formula is C27H24N2O2S2. The first kappa shape index (κ1) is 22.8. The Morgan fingerprint density at radius 1 is 0.879 bits per heavy atom. The maximum Gasteiger partial charge on any atom is 0.265 e. The number of amides is 2. The molecule has 1 unspecified atom stereocenters. The fourth-order valence-electron chi connectivity index (χ4n) is 3.42. The molecule has 1 N–H and O–H groups in total. The summed E-state index contributed by atoms with van der Waals surface area (Å²) < 4.78 is 0. The number of thiophene rings is 1. The summed E-state index contributed by atoms with van der Waals surface area (Å²) in [6, 6.07) is 30.7. The van der Waals surface area contributed by atoms with Crippen LogP contribution in [0.3, 0.4) is 0 Å². The minimum Gasteiger partial charge on any atom is -0.321 e.